The summed E-state index contributed by atoms with van der Waals surface area (Å²) >= 11 is 0. The minimum atomic E-state index is -0.872. The van der Waals surface area contributed by atoms with E-state index in [1.165, 1.54) is 0 Å². The van der Waals surface area contributed by atoms with E-state index >= 15 is 0 Å². The zero-order valence-electron chi connectivity index (χ0n) is 14.2. The number of carbonyl (C=O) groups excluding carboxylic acids is 2. The van der Waals surface area contributed by atoms with Crippen molar-refractivity contribution < 1.29 is 24.2 Å². The highest BCUT2D eigenvalue weighted by Crippen LogP contribution is 2.19. The van der Waals surface area contributed by atoms with Crippen molar-refractivity contribution in [1.82, 2.24) is 0 Å². The highest BCUT2D eigenvalue weighted by molar-refractivity contribution is 6.01. The number of esters is 1. The Morgan fingerprint density at radius 2 is 1.88 bits per heavy atom. The van der Waals surface area contributed by atoms with Gasteiger partial charge in [-0.15, -0.1) is 0 Å². The molecule has 1 amide bonds. The van der Waals surface area contributed by atoms with Gasteiger partial charge in [-0.1, -0.05) is 31.9 Å². The molecule has 1 aromatic carbocycles. The molecule has 0 aliphatic heterocycles. The highest BCUT2D eigenvalue weighted by atomic mass is 16.5. The second kappa shape index (κ2) is 10.4. The average molecular weight is 335 g/mol. The van der Waals surface area contributed by atoms with Gasteiger partial charge in [0.05, 0.1) is 23.8 Å². The molecule has 0 unspecified atom stereocenters. The van der Waals surface area contributed by atoms with E-state index in [9.17, 15) is 19.5 Å². The number of rotatable bonds is 10. The van der Waals surface area contributed by atoms with E-state index in [1.54, 1.807) is 31.2 Å². The number of unbranched alkanes of at least 4 members (excludes halogenated alkanes) is 1. The van der Waals surface area contributed by atoms with Crippen LogP contribution >= 0.6 is 0 Å². The molecule has 6 nitrogen and oxygen atoms in total. The predicted molar refractivity (Wildman–Crippen MR) is 90.9 cm³/mol. The molecule has 0 saturated heterocycles. The molecular weight excluding hydrogens is 310 g/mol. The van der Waals surface area contributed by atoms with Crippen LogP contribution in [-0.2, 0) is 14.3 Å². The lowest BCUT2D eigenvalue weighted by atomic mass is 9.97. The second-order valence-corrected chi connectivity index (χ2v) is 5.53. The van der Waals surface area contributed by atoms with Crippen LogP contribution in [0.15, 0.2) is 24.3 Å². The fourth-order valence-electron chi connectivity index (χ4n) is 2.34. The van der Waals surface area contributed by atoms with Crippen LogP contribution in [0.3, 0.4) is 0 Å². The normalized spacial score (nSPS) is 11.6. The maximum Gasteiger partial charge on any atom is 0.340 e. The maximum atomic E-state index is 12.1. The van der Waals surface area contributed by atoms with Crippen molar-refractivity contribution in [2.24, 2.45) is 5.92 Å². The summed E-state index contributed by atoms with van der Waals surface area (Å²) in [5.41, 5.74) is 0.662. The standard InChI is InChI=1S/C18H25NO5/c1-3-5-8-13(17(21)22)11-12-16(20)19-15-10-7-6-9-14(15)18(23)24-4-2/h6-7,9-10,13H,3-5,8,11-12H2,1-2H3,(H,19,20)(H,21,22)/t13-/m1/s1. The minimum Gasteiger partial charge on any atom is -0.481 e. The summed E-state index contributed by atoms with van der Waals surface area (Å²) in [5, 5.41) is 11.9. The van der Waals surface area contributed by atoms with Crippen LogP contribution in [0.4, 0.5) is 5.69 Å². The first-order valence-corrected chi connectivity index (χ1v) is 8.28. The lowest BCUT2D eigenvalue weighted by Crippen LogP contribution is -2.19. The van der Waals surface area contributed by atoms with Gasteiger partial charge in [0.1, 0.15) is 0 Å². The van der Waals surface area contributed by atoms with Crippen molar-refractivity contribution in [1.29, 1.82) is 0 Å². The van der Waals surface area contributed by atoms with Crippen LogP contribution in [0.5, 0.6) is 0 Å². The third kappa shape index (κ3) is 6.40. The maximum absolute atomic E-state index is 12.1. The van der Waals surface area contributed by atoms with E-state index < -0.39 is 17.9 Å². The summed E-state index contributed by atoms with van der Waals surface area (Å²) in [5.74, 6) is -2.20. The monoisotopic (exact) mass is 335 g/mol. The molecule has 24 heavy (non-hydrogen) atoms. The molecular formula is C18H25NO5. The molecule has 6 heteroatoms. The van der Waals surface area contributed by atoms with Crippen LogP contribution in [0.2, 0.25) is 0 Å². The first-order chi connectivity index (χ1) is 11.5. The van der Waals surface area contributed by atoms with E-state index in [1.807, 2.05) is 6.92 Å². The zero-order valence-corrected chi connectivity index (χ0v) is 14.2. The molecule has 0 bridgehead atoms. The number of carbonyl (C=O) groups is 3. The van der Waals surface area contributed by atoms with Gasteiger partial charge in [0.15, 0.2) is 0 Å². The number of nitrogens with one attached hydrogen (secondary N) is 1. The van der Waals surface area contributed by atoms with Crippen molar-refractivity contribution in [2.75, 3.05) is 11.9 Å². The molecule has 1 atom stereocenters. The van der Waals surface area contributed by atoms with Crippen molar-refractivity contribution in [3.8, 4) is 0 Å². The Morgan fingerprint density at radius 1 is 1.17 bits per heavy atom. The molecule has 0 heterocycles. The molecule has 0 spiro atoms. The Labute approximate surface area is 142 Å². The zero-order chi connectivity index (χ0) is 17.9. The molecule has 0 aliphatic carbocycles. The van der Waals surface area contributed by atoms with Gasteiger partial charge in [-0.3, -0.25) is 9.59 Å². The van der Waals surface area contributed by atoms with Crippen molar-refractivity contribution >= 4 is 23.5 Å². The molecule has 0 fully saturated rings. The first kappa shape index (κ1) is 19.7. The van der Waals surface area contributed by atoms with E-state index in [-0.39, 0.29) is 30.9 Å². The largest absolute Gasteiger partial charge is 0.481 e. The van der Waals surface area contributed by atoms with E-state index in [2.05, 4.69) is 5.32 Å². The summed E-state index contributed by atoms with van der Waals surface area (Å²) in [7, 11) is 0. The summed E-state index contributed by atoms with van der Waals surface area (Å²) in [6.45, 7) is 3.96. The smallest absolute Gasteiger partial charge is 0.340 e. The highest BCUT2D eigenvalue weighted by Gasteiger charge is 2.19. The molecule has 132 valence electrons. The topological polar surface area (TPSA) is 92.7 Å². The lowest BCUT2D eigenvalue weighted by Gasteiger charge is -2.13. The van der Waals surface area contributed by atoms with Crippen LogP contribution in [-0.4, -0.2) is 29.6 Å². The fourth-order valence-corrected chi connectivity index (χ4v) is 2.34. The minimum absolute atomic E-state index is 0.0951. The molecule has 1 rings (SSSR count). The Kier molecular flexibility index (Phi) is 8.54. The third-order valence-corrected chi connectivity index (χ3v) is 3.67. The number of para-hydroxylation sites is 1. The number of ether oxygens (including phenoxy) is 1. The SMILES string of the molecule is CCCC[C@H](CCC(=O)Nc1ccccc1C(=O)OCC)C(=O)O. The average Bonchev–Trinajstić information content (AvgIpc) is 2.55. The van der Waals surface area contributed by atoms with Crippen molar-refractivity contribution in [3.63, 3.8) is 0 Å². The molecule has 0 aromatic heterocycles. The van der Waals surface area contributed by atoms with Gasteiger partial charge in [0, 0.05) is 6.42 Å². The number of anilines is 1. The molecule has 0 saturated carbocycles. The predicted octanol–water partition coefficient (Wildman–Crippen LogP) is 3.47. The second-order valence-electron chi connectivity index (χ2n) is 5.53. The molecule has 1 aromatic rings. The third-order valence-electron chi connectivity index (χ3n) is 3.67. The Hall–Kier alpha value is -2.37. The Bertz CT molecular complexity index is 570. The van der Waals surface area contributed by atoms with Gasteiger partial charge in [-0.25, -0.2) is 4.79 Å². The van der Waals surface area contributed by atoms with E-state index in [4.69, 9.17) is 4.74 Å². The number of amides is 1. The van der Waals surface area contributed by atoms with E-state index in [0.717, 1.165) is 12.8 Å². The number of hydrogen-bond donors (Lipinski definition) is 2. The molecule has 0 radical (unpaired) electrons. The lowest BCUT2D eigenvalue weighted by molar-refractivity contribution is -0.142. The van der Waals surface area contributed by atoms with Crippen LogP contribution < -0.4 is 5.32 Å². The van der Waals surface area contributed by atoms with Gasteiger partial charge in [0.25, 0.3) is 0 Å². The number of hydrogen-bond acceptors (Lipinski definition) is 4. The first-order valence-electron chi connectivity index (χ1n) is 8.28. The van der Waals surface area contributed by atoms with Crippen LogP contribution in [0, 0.1) is 5.92 Å². The summed E-state index contributed by atoms with van der Waals surface area (Å²) in [6.07, 6.45) is 2.69. The van der Waals surface area contributed by atoms with E-state index in [0.29, 0.717) is 12.1 Å². The number of benzene rings is 1. The Balaban J connectivity index is 2.65. The summed E-state index contributed by atoms with van der Waals surface area (Å²) < 4.78 is 4.96. The van der Waals surface area contributed by atoms with Crippen LogP contribution in [0.25, 0.3) is 0 Å². The summed E-state index contributed by atoms with van der Waals surface area (Å²) in [6, 6.07) is 6.59. The van der Waals surface area contributed by atoms with Crippen molar-refractivity contribution in [3.05, 3.63) is 29.8 Å². The van der Waals surface area contributed by atoms with Crippen LogP contribution in [0.1, 0.15) is 56.3 Å². The van der Waals surface area contributed by atoms with Gasteiger partial charge in [0.2, 0.25) is 5.91 Å². The number of aliphatic carboxylic acids is 1. The van der Waals surface area contributed by atoms with Gasteiger partial charge in [-0.2, -0.15) is 0 Å². The number of carboxylic acids is 1. The van der Waals surface area contributed by atoms with Gasteiger partial charge in [-0.05, 0) is 31.9 Å². The van der Waals surface area contributed by atoms with Crippen molar-refractivity contribution in [2.45, 2.75) is 46.0 Å². The molecule has 0 aliphatic rings. The fraction of sp³-hybridized carbons (Fsp3) is 0.500. The quantitative estimate of drug-likeness (QED) is 0.639. The van der Waals surface area contributed by atoms with Gasteiger partial charge >= 0.3 is 11.9 Å². The summed E-state index contributed by atoms with van der Waals surface area (Å²) in [4.78, 5) is 35.2. The van der Waals surface area contributed by atoms with Gasteiger partial charge < -0.3 is 15.2 Å². The Morgan fingerprint density at radius 3 is 2.50 bits per heavy atom. The number of carboxylic acid groups (broad SMARTS) is 1. The molecule has 2 N–H and O–H groups in total.